The summed E-state index contributed by atoms with van der Waals surface area (Å²) in [4.78, 5) is 15.0. The molecule has 0 N–H and O–H groups in total. The molecular weight excluding hydrogens is 434 g/mol. The lowest BCUT2D eigenvalue weighted by atomic mass is 9.77. The quantitative estimate of drug-likeness (QED) is 0.493. The van der Waals surface area contributed by atoms with Crippen LogP contribution in [0.5, 0.6) is 11.5 Å². The van der Waals surface area contributed by atoms with Crippen LogP contribution in [0.4, 0.5) is 0 Å². The minimum absolute atomic E-state index is 0.0206. The smallest absolute Gasteiger partial charge is 0.226 e. The van der Waals surface area contributed by atoms with E-state index >= 15 is 0 Å². The van der Waals surface area contributed by atoms with Gasteiger partial charge in [0.25, 0.3) is 0 Å². The van der Waals surface area contributed by atoms with Gasteiger partial charge in [0.05, 0.1) is 45.0 Å². The summed E-state index contributed by atoms with van der Waals surface area (Å²) in [5.41, 5.74) is 3.54. The molecule has 3 aliphatic heterocycles. The van der Waals surface area contributed by atoms with Gasteiger partial charge in [-0.2, -0.15) is 0 Å². The van der Waals surface area contributed by atoms with E-state index in [-0.39, 0.29) is 18.1 Å². The highest BCUT2D eigenvalue weighted by Gasteiger charge is 2.62. The van der Waals surface area contributed by atoms with Gasteiger partial charge in [0.1, 0.15) is 0 Å². The predicted octanol–water partition coefficient (Wildman–Crippen LogP) is 5.04. The Labute approximate surface area is 200 Å². The first-order valence-electron chi connectivity index (χ1n) is 12.5. The summed E-state index contributed by atoms with van der Waals surface area (Å²) in [5.74, 6) is 1.63. The van der Waals surface area contributed by atoms with Crippen molar-refractivity contribution in [1.29, 1.82) is 0 Å². The fourth-order valence-corrected chi connectivity index (χ4v) is 12.7. The van der Waals surface area contributed by atoms with Crippen LogP contribution in [-0.2, 0) is 25.9 Å². The van der Waals surface area contributed by atoms with Gasteiger partial charge in [0.15, 0.2) is 19.8 Å². The maximum Gasteiger partial charge on any atom is 0.226 e. The summed E-state index contributed by atoms with van der Waals surface area (Å²) in [6.07, 6.45) is 1.86. The van der Waals surface area contributed by atoms with Crippen molar-refractivity contribution in [3.63, 3.8) is 0 Å². The van der Waals surface area contributed by atoms with Crippen LogP contribution in [0.25, 0.3) is 0 Å². The molecule has 33 heavy (non-hydrogen) atoms. The molecule has 1 amide bonds. The van der Waals surface area contributed by atoms with Gasteiger partial charge >= 0.3 is 0 Å². The third-order valence-electron chi connectivity index (χ3n) is 8.48. The Morgan fingerprint density at radius 2 is 1.67 bits per heavy atom. The van der Waals surface area contributed by atoms with Crippen LogP contribution in [0, 0.1) is 0 Å². The number of carbonyl (C=O) groups excluding carboxylic acids is 1. The summed E-state index contributed by atoms with van der Waals surface area (Å²) < 4.78 is 24.7. The third kappa shape index (κ3) is 3.62. The third-order valence-corrected chi connectivity index (χ3v) is 14.6. The van der Waals surface area contributed by atoms with E-state index in [1.54, 1.807) is 14.2 Å². The molecule has 0 saturated carbocycles. The molecule has 3 atom stereocenters. The average molecular weight is 476 g/mol. The Hall–Kier alpha value is -1.57. The van der Waals surface area contributed by atoms with Gasteiger partial charge in [-0.1, -0.05) is 41.5 Å². The number of amides is 1. The van der Waals surface area contributed by atoms with Crippen LogP contribution >= 0.6 is 0 Å². The molecule has 3 heterocycles. The largest absolute Gasteiger partial charge is 0.493 e. The van der Waals surface area contributed by atoms with E-state index in [2.05, 4.69) is 58.6 Å². The van der Waals surface area contributed by atoms with Crippen LogP contribution < -0.4 is 9.47 Å². The van der Waals surface area contributed by atoms with E-state index in [0.717, 1.165) is 30.7 Å². The lowest BCUT2D eigenvalue weighted by Crippen LogP contribution is -2.51. The molecule has 1 spiro atoms. The van der Waals surface area contributed by atoms with Crippen LogP contribution in [0.15, 0.2) is 12.1 Å². The molecular formula is C26H41NO5Si. The van der Waals surface area contributed by atoms with Gasteiger partial charge in [0.2, 0.25) is 5.91 Å². The second-order valence-electron chi connectivity index (χ2n) is 10.9. The fraction of sp³-hybridized carbons (Fsp3) is 0.731. The van der Waals surface area contributed by atoms with Crippen LogP contribution in [0.2, 0.25) is 16.6 Å². The number of methoxy groups -OCH3 is 2. The van der Waals surface area contributed by atoms with Crippen LogP contribution in [-0.4, -0.2) is 58.7 Å². The number of hydrogen-bond donors (Lipinski definition) is 0. The van der Waals surface area contributed by atoms with Crippen molar-refractivity contribution in [3.05, 3.63) is 23.3 Å². The monoisotopic (exact) mass is 475 g/mol. The highest BCUT2D eigenvalue weighted by atomic mass is 28.4. The van der Waals surface area contributed by atoms with Crippen molar-refractivity contribution >= 4 is 14.2 Å². The molecule has 2 fully saturated rings. The van der Waals surface area contributed by atoms with Gasteiger partial charge < -0.3 is 23.5 Å². The normalized spacial score (nSPS) is 26.8. The first-order chi connectivity index (χ1) is 15.6. The zero-order chi connectivity index (χ0) is 24.1. The molecule has 1 aromatic carbocycles. The zero-order valence-electron chi connectivity index (χ0n) is 21.6. The van der Waals surface area contributed by atoms with E-state index in [1.165, 1.54) is 5.56 Å². The van der Waals surface area contributed by atoms with E-state index in [0.29, 0.717) is 35.4 Å². The van der Waals surface area contributed by atoms with Gasteiger partial charge in [-0.25, -0.2) is 0 Å². The molecule has 4 rings (SSSR count). The molecule has 3 aliphatic rings. The van der Waals surface area contributed by atoms with Crippen molar-refractivity contribution < 1.29 is 23.4 Å². The Bertz CT molecular complexity index is 879. The average Bonchev–Trinajstić information content (AvgIpc) is 3.23. The van der Waals surface area contributed by atoms with Gasteiger partial charge in [0, 0.05) is 13.0 Å². The van der Waals surface area contributed by atoms with Crippen molar-refractivity contribution in [3.8, 4) is 11.5 Å². The molecule has 7 heteroatoms. The Morgan fingerprint density at radius 3 is 2.24 bits per heavy atom. The van der Waals surface area contributed by atoms with Crippen molar-refractivity contribution in [2.45, 2.75) is 95.2 Å². The molecule has 0 radical (unpaired) electrons. The zero-order valence-corrected chi connectivity index (χ0v) is 22.6. The minimum atomic E-state index is -1.99. The highest BCUT2D eigenvalue weighted by Crippen LogP contribution is 2.55. The lowest BCUT2D eigenvalue weighted by Gasteiger charge is -2.44. The molecule has 0 aliphatic carbocycles. The van der Waals surface area contributed by atoms with E-state index < -0.39 is 13.9 Å². The SMILES string of the molecule is COc1cc2c(cc1OC)C13C[C@@H](CO[Si](C(C)C)(C(C)C)C(C)C)OC1CC(=O)N3CC2. The molecule has 6 nitrogen and oxygen atoms in total. The minimum Gasteiger partial charge on any atom is -0.493 e. The first-order valence-corrected chi connectivity index (χ1v) is 14.6. The number of fused-ring (bicyclic) bond motifs is 1. The topological polar surface area (TPSA) is 57.2 Å². The van der Waals surface area contributed by atoms with Crippen LogP contribution in [0.3, 0.4) is 0 Å². The Morgan fingerprint density at radius 1 is 1.06 bits per heavy atom. The fourth-order valence-electron chi connectivity index (χ4n) is 7.22. The molecule has 2 saturated heterocycles. The van der Waals surface area contributed by atoms with Crippen molar-refractivity contribution in [1.82, 2.24) is 4.90 Å². The molecule has 0 bridgehead atoms. The summed E-state index contributed by atoms with van der Waals surface area (Å²) in [6.45, 7) is 15.2. The molecule has 1 aromatic rings. The van der Waals surface area contributed by atoms with Crippen molar-refractivity contribution in [2.24, 2.45) is 0 Å². The van der Waals surface area contributed by atoms with E-state index in [4.69, 9.17) is 18.6 Å². The highest BCUT2D eigenvalue weighted by molar-refractivity contribution is 6.77. The summed E-state index contributed by atoms with van der Waals surface area (Å²) in [5, 5.41) is 0. The van der Waals surface area contributed by atoms with E-state index in [9.17, 15) is 4.79 Å². The number of ether oxygens (including phenoxy) is 3. The van der Waals surface area contributed by atoms with Gasteiger partial charge in [-0.15, -0.1) is 0 Å². The van der Waals surface area contributed by atoms with Gasteiger partial charge in [-0.05, 0) is 46.3 Å². The van der Waals surface area contributed by atoms with E-state index in [1.807, 2.05) is 0 Å². The second-order valence-corrected chi connectivity index (χ2v) is 16.3. The second kappa shape index (κ2) is 8.89. The lowest BCUT2D eigenvalue weighted by molar-refractivity contribution is -0.132. The number of hydrogen-bond acceptors (Lipinski definition) is 5. The summed E-state index contributed by atoms with van der Waals surface area (Å²) >= 11 is 0. The maximum absolute atomic E-state index is 13.0. The number of carbonyl (C=O) groups is 1. The Balaban J connectivity index is 1.66. The number of benzene rings is 1. The molecule has 0 aromatic heterocycles. The first kappa shape index (κ1) is 24.5. The molecule has 2 unspecified atom stereocenters. The van der Waals surface area contributed by atoms with Gasteiger partial charge in [-0.3, -0.25) is 4.79 Å². The predicted molar refractivity (Wildman–Crippen MR) is 132 cm³/mol. The summed E-state index contributed by atoms with van der Waals surface area (Å²) in [6, 6.07) is 4.16. The van der Waals surface area contributed by atoms with Crippen LogP contribution in [0.1, 0.15) is 65.5 Å². The maximum atomic E-state index is 13.0. The van der Waals surface area contributed by atoms with Crippen molar-refractivity contribution in [2.75, 3.05) is 27.4 Å². The standard InChI is InChI=1S/C26H41NO5Si/c1-16(2)33(17(3)4,18(5)6)31-15-20-14-26-21-12-23(30-8)22(29-7)11-19(21)9-10-27(26)25(28)13-24(26)32-20/h11-12,16-18,20,24H,9-10,13-15H2,1-8H3/t20-,24?,26?/m0/s1. The Kier molecular flexibility index (Phi) is 6.62. The number of nitrogens with zero attached hydrogens (tertiary/aromatic N) is 1. The number of rotatable bonds is 8. The molecule has 184 valence electrons. The summed E-state index contributed by atoms with van der Waals surface area (Å²) in [7, 11) is 1.34.